The van der Waals surface area contributed by atoms with Crippen molar-refractivity contribution in [3.05, 3.63) is 45.7 Å². The van der Waals surface area contributed by atoms with Crippen LogP contribution in [0.15, 0.2) is 24.5 Å². The van der Waals surface area contributed by atoms with Gasteiger partial charge in [-0.3, -0.25) is 14.8 Å². The molecule has 0 amide bonds. The summed E-state index contributed by atoms with van der Waals surface area (Å²) in [6.07, 6.45) is 3.75. The maximum Gasteiger partial charge on any atom is 0.0900 e. The van der Waals surface area contributed by atoms with Gasteiger partial charge in [-0.2, -0.15) is 0 Å². The highest BCUT2D eigenvalue weighted by Crippen LogP contribution is 2.20. The van der Waals surface area contributed by atoms with E-state index in [0.717, 1.165) is 39.3 Å². The minimum absolute atomic E-state index is 1.04. The van der Waals surface area contributed by atoms with E-state index in [1.807, 2.05) is 23.7 Å². The van der Waals surface area contributed by atoms with Crippen molar-refractivity contribution in [1.82, 2.24) is 19.8 Å². The lowest BCUT2D eigenvalue weighted by Gasteiger charge is -2.34. The summed E-state index contributed by atoms with van der Waals surface area (Å²) in [5, 5.41) is 1.18. The van der Waals surface area contributed by atoms with Gasteiger partial charge in [-0.05, 0) is 31.5 Å². The van der Waals surface area contributed by atoms with Gasteiger partial charge < -0.3 is 0 Å². The molecule has 2 aromatic rings. The minimum Gasteiger partial charge on any atom is -0.297 e. The van der Waals surface area contributed by atoms with Crippen LogP contribution >= 0.6 is 11.3 Å². The van der Waals surface area contributed by atoms with Crippen molar-refractivity contribution >= 4 is 11.3 Å². The fourth-order valence-corrected chi connectivity index (χ4v) is 3.75. The molecule has 5 heteroatoms. The van der Waals surface area contributed by atoms with E-state index in [1.54, 1.807) is 0 Å². The van der Waals surface area contributed by atoms with Gasteiger partial charge in [0.05, 0.1) is 10.7 Å². The molecule has 2 aromatic heterocycles. The molecular formula is C16H22N4S. The highest BCUT2D eigenvalue weighted by Gasteiger charge is 2.18. The Morgan fingerprint density at radius 3 is 2.19 bits per heavy atom. The average Bonchev–Trinajstić information content (AvgIpc) is 2.80. The summed E-state index contributed by atoms with van der Waals surface area (Å²) in [6, 6.07) is 4.21. The second-order valence-corrected chi connectivity index (χ2v) is 6.94. The van der Waals surface area contributed by atoms with Gasteiger partial charge in [0.2, 0.25) is 0 Å². The summed E-state index contributed by atoms with van der Waals surface area (Å²) in [5.74, 6) is 0. The number of piperazine rings is 1. The lowest BCUT2D eigenvalue weighted by Crippen LogP contribution is -2.45. The monoisotopic (exact) mass is 302 g/mol. The van der Waals surface area contributed by atoms with Crippen molar-refractivity contribution in [3.8, 4) is 0 Å². The quantitative estimate of drug-likeness (QED) is 0.868. The first kappa shape index (κ1) is 14.6. The third kappa shape index (κ3) is 3.87. The zero-order chi connectivity index (χ0) is 14.7. The zero-order valence-corrected chi connectivity index (χ0v) is 13.6. The molecule has 3 heterocycles. The Labute approximate surface area is 130 Å². The summed E-state index contributed by atoms with van der Waals surface area (Å²) < 4.78 is 0. The molecule has 3 rings (SSSR count). The number of rotatable bonds is 4. The van der Waals surface area contributed by atoms with E-state index < -0.39 is 0 Å². The molecule has 0 atom stereocenters. The number of aromatic nitrogens is 2. The first-order chi connectivity index (χ1) is 10.2. The highest BCUT2D eigenvalue weighted by molar-refractivity contribution is 7.11. The first-order valence-electron chi connectivity index (χ1n) is 7.47. The Kier molecular flexibility index (Phi) is 4.63. The van der Waals surface area contributed by atoms with E-state index in [2.05, 4.69) is 45.7 Å². The summed E-state index contributed by atoms with van der Waals surface area (Å²) >= 11 is 1.84. The van der Waals surface area contributed by atoms with Gasteiger partial charge in [-0.25, -0.2) is 4.98 Å². The smallest absolute Gasteiger partial charge is 0.0900 e. The molecule has 1 fully saturated rings. The molecule has 112 valence electrons. The Morgan fingerprint density at radius 1 is 1.00 bits per heavy atom. The second kappa shape index (κ2) is 6.64. The topological polar surface area (TPSA) is 32.3 Å². The molecular weight excluding hydrogens is 280 g/mol. The number of aryl methyl sites for hydroxylation is 2. The van der Waals surface area contributed by atoms with Gasteiger partial charge in [-0.15, -0.1) is 11.3 Å². The molecule has 1 saturated heterocycles. The van der Waals surface area contributed by atoms with Crippen molar-refractivity contribution in [2.45, 2.75) is 26.9 Å². The molecule has 21 heavy (non-hydrogen) atoms. The molecule has 0 unspecified atom stereocenters. The highest BCUT2D eigenvalue weighted by atomic mass is 32.1. The van der Waals surface area contributed by atoms with Gasteiger partial charge in [0.25, 0.3) is 0 Å². The first-order valence-corrected chi connectivity index (χ1v) is 8.29. The van der Waals surface area contributed by atoms with E-state index in [1.165, 1.54) is 21.1 Å². The Bertz CT molecular complexity index is 573. The van der Waals surface area contributed by atoms with Crippen LogP contribution in [-0.4, -0.2) is 45.9 Å². The molecule has 0 saturated carbocycles. The van der Waals surface area contributed by atoms with Gasteiger partial charge in [0, 0.05) is 56.5 Å². The largest absolute Gasteiger partial charge is 0.297 e. The van der Waals surface area contributed by atoms with Crippen molar-refractivity contribution in [1.29, 1.82) is 0 Å². The van der Waals surface area contributed by atoms with Crippen LogP contribution in [0.4, 0.5) is 0 Å². The van der Waals surface area contributed by atoms with Crippen molar-refractivity contribution < 1.29 is 0 Å². The zero-order valence-electron chi connectivity index (χ0n) is 12.7. The Hall–Kier alpha value is -1.30. The van der Waals surface area contributed by atoms with E-state index >= 15 is 0 Å². The molecule has 0 N–H and O–H groups in total. The van der Waals surface area contributed by atoms with Crippen LogP contribution in [0, 0.1) is 13.8 Å². The summed E-state index contributed by atoms with van der Waals surface area (Å²) in [5.41, 5.74) is 2.56. The fraction of sp³-hybridized carbons (Fsp3) is 0.500. The van der Waals surface area contributed by atoms with Crippen LogP contribution in [0.1, 0.15) is 21.1 Å². The number of hydrogen-bond acceptors (Lipinski definition) is 5. The third-order valence-electron chi connectivity index (χ3n) is 3.99. The van der Waals surface area contributed by atoms with Gasteiger partial charge in [-0.1, -0.05) is 0 Å². The van der Waals surface area contributed by atoms with E-state index in [9.17, 15) is 0 Å². The molecule has 1 aliphatic rings. The van der Waals surface area contributed by atoms with Gasteiger partial charge >= 0.3 is 0 Å². The van der Waals surface area contributed by atoms with E-state index in [4.69, 9.17) is 0 Å². The maximum atomic E-state index is 4.52. The predicted molar refractivity (Wildman–Crippen MR) is 86.4 cm³/mol. The van der Waals surface area contributed by atoms with Crippen LogP contribution < -0.4 is 0 Å². The molecule has 0 bridgehead atoms. The van der Waals surface area contributed by atoms with Crippen LogP contribution in [0.2, 0.25) is 0 Å². The molecule has 0 radical (unpaired) electrons. The molecule has 0 aliphatic carbocycles. The van der Waals surface area contributed by atoms with E-state index in [-0.39, 0.29) is 0 Å². The summed E-state index contributed by atoms with van der Waals surface area (Å²) in [6.45, 7) is 10.9. The Balaban J connectivity index is 1.50. The average molecular weight is 302 g/mol. The lowest BCUT2D eigenvalue weighted by atomic mass is 10.2. The standard InChI is InChI=1S/C16H22N4S/c1-13-16(21-14(2)18-13)12-20-9-7-19(8-10-20)11-15-3-5-17-6-4-15/h3-6H,7-12H2,1-2H3. The second-order valence-electron chi connectivity index (χ2n) is 5.65. The van der Waals surface area contributed by atoms with Gasteiger partial charge in [0.1, 0.15) is 0 Å². The van der Waals surface area contributed by atoms with Crippen LogP contribution in [0.5, 0.6) is 0 Å². The lowest BCUT2D eigenvalue weighted by molar-refractivity contribution is 0.122. The van der Waals surface area contributed by atoms with E-state index in [0.29, 0.717) is 0 Å². The molecule has 1 aliphatic heterocycles. The third-order valence-corrected chi connectivity index (χ3v) is 5.04. The van der Waals surface area contributed by atoms with Crippen molar-refractivity contribution in [2.24, 2.45) is 0 Å². The van der Waals surface area contributed by atoms with Crippen LogP contribution in [-0.2, 0) is 13.1 Å². The number of hydrogen-bond donors (Lipinski definition) is 0. The van der Waals surface area contributed by atoms with Crippen LogP contribution in [0.3, 0.4) is 0 Å². The van der Waals surface area contributed by atoms with Crippen molar-refractivity contribution in [3.63, 3.8) is 0 Å². The molecule has 0 spiro atoms. The summed E-state index contributed by atoms with van der Waals surface area (Å²) in [7, 11) is 0. The number of nitrogens with zero attached hydrogens (tertiary/aromatic N) is 4. The molecule has 0 aromatic carbocycles. The SMILES string of the molecule is Cc1nc(C)c(CN2CCN(Cc3ccncc3)CC2)s1. The van der Waals surface area contributed by atoms with Crippen molar-refractivity contribution in [2.75, 3.05) is 26.2 Å². The summed E-state index contributed by atoms with van der Waals surface area (Å²) in [4.78, 5) is 15.1. The predicted octanol–water partition coefficient (Wildman–Crippen LogP) is 2.47. The number of thiazole rings is 1. The number of pyridine rings is 1. The Morgan fingerprint density at radius 2 is 1.62 bits per heavy atom. The molecule has 4 nitrogen and oxygen atoms in total. The normalized spacial score (nSPS) is 17.2. The van der Waals surface area contributed by atoms with Gasteiger partial charge in [0.15, 0.2) is 0 Å². The van der Waals surface area contributed by atoms with Crippen LogP contribution in [0.25, 0.3) is 0 Å². The fourth-order valence-electron chi connectivity index (χ4n) is 2.78. The minimum atomic E-state index is 1.04. The maximum absolute atomic E-state index is 4.52.